The molecule has 33 heavy (non-hydrogen) atoms. The van der Waals surface area contributed by atoms with E-state index in [4.69, 9.17) is 13.9 Å². The molecular weight excluding hydrogens is 444 g/mol. The summed E-state index contributed by atoms with van der Waals surface area (Å²) in [6.07, 6.45) is 0.591. The van der Waals surface area contributed by atoms with Crippen LogP contribution in [0.25, 0.3) is 11.1 Å². The van der Waals surface area contributed by atoms with Gasteiger partial charge in [0.2, 0.25) is 0 Å². The molecule has 4 rings (SSSR count). The van der Waals surface area contributed by atoms with Crippen molar-refractivity contribution in [2.24, 2.45) is 0 Å². The molecule has 0 radical (unpaired) electrons. The van der Waals surface area contributed by atoms with E-state index in [1.807, 2.05) is 0 Å². The first-order valence-corrected chi connectivity index (χ1v) is 11.4. The maximum absolute atomic E-state index is 14.3. The molecule has 0 amide bonds. The lowest BCUT2D eigenvalue weighted by Gasteiger charge is -2.48. The lowest BCUT2D eigenvalue weighted by molar-refractivity contribution is -0.137. The molecule has 0 spiro atoms. The summed E-state index contributed by atoms with van der Waals surface area (Å²) in [5.41, 5.74) is -1.66. The number of piperidine rings is 1. The van der Waals surface area contributed by atoms with Gasteiger partial charge in [-0.25, -0.2) is 9.18 Å². The molecule has 0 unspecified atom stereocenters. The zero-order valence-corrected chi connectivity index (χ0v) is 18.9. The number of alkyl halides is 3. The van der Waals surface area contributed by atoms with Crippen molar-refractivity contribution in [2.45, 2.75) is 69.3 Å². The van der Waals surface area contributed by atoms with Gasteiger partial charge in [-0.05, 0) is 57.6 Å². The summed E-state index contributed by atoms with van der Waals surface area (Å²) in [7, 11) is 1.65. The number of benzene rings is 1. The monoisotopic (exact) mass is 474 g/mol. The highest BCUT2D eigenvalue weighted by molar-refractivity contribution is 5.75. The minimum Gasteiger partial charge on any atom is -0.405 e. The molecule has 1 saturated heterocycles. The number of fused-ring (bicyclic) bond motifs is 1. The van der Waals surface area contributed by atoms with E-state index in [1.54, 1.807) is 7.11 Å². The first kappa shape index (κ1) is 24.2. The summed E-state index contributed by atoms with van der Waals surface area (Å²) in [6.45, 7) is 4.82. The van der Waals surface area contributed by atoms with Crippen LogP contribution in [-0.4, -0.2) is 54.5 Å². The van der Waals surface area contributed by atoms with Crippen molar-refractivity contribution in [3.05, 3.63) is 34.1 Å². The van der Waals surface area contributed by atoms with Gasteiger partial charge in [0.05, 0.1) is 30.4 Å². The Labute approximate surface area is 189 Å². The van der Waals surface area contributed by atoms with Crippen molar-refractivity contribution >= 4 is 11.1 Å². The fraction of sp³-hybridized carbons (Fsp3) is 0.696. The van der Waals surface area contributed by atoms with E-state index in [2.05, 4.69) is 11.8 Å². The molecule has 2 aromatic rings. The first-order chi connectivity index (χ1) is 15.6. The second-order valence-corrected chi connectivity index (χ2v) is 9.32. The number of methoxy groups -OCH3 is 1. The van der Waals surface area contributed by atoms with Gasteiger partial charge in [-0.1, -0.05) is 0 Å². The molecular formula is C23H30F4N2O4. The summed E-state index contributed by atoms with van der Waals surface area (Å²) in [4.78, 5) is 14.9. The zero-order chi connectivity index (χ0) is 23.8. The Morgan fingerprint density at radius 2 is 1.79 bits per heavy atom. The zero-order valence-electron chi connectivity index (χ0n) is 18.9. The largest absolute Gasteiger partial charge is 0.420 e. The van der Waals surface area contributed by atoms with Crippen molar-refractivity contribution in [3.63, 3.8) is 0 Å². The standard InChI is InChI=1S/C23H30F4N2O4/c1-22(7-3-17(4-8-22)32-12-11-31-2)28-9-5-16(6-10-28)29-19-14-15(23(25,26)27)13-18(24)20(19)33-21(29)30/h13-14,16-17H,3-12H2,1-2H3. The molecule has 6 nitrogen and oxygen atoms in total. The Balaban J connectivity index is 1.45. The fourth-order valence-corrected chi connectivity index (χ4v) is 5.26. The van der Waals surface area contributed by atoms with E-state index in [0.29, 0.717) is 45.2 Å². The van der Waals surface area contributed by atoms with Gasteiger partial charge < -0.3 is 13.9 Å². The van der Waals surface area contributed by atoms with Gasteiger partial charge in [-0.15, -0.1) is 0 Å². The molecule has 1 aromatic heterocycles. The number of hydrogen-bond donors (Lipinski definition) is 0. The second kappa shape index (κ2) is 9.38. The lowest BCUT2D eigenvalue weighted by atomic mass is 9.79. The Bertz CT molecular complexity index is 1020. The summed E-state index contributed by atoms with van der Waals surface area (Å²) < 4.78 is 70.9. The van der Waals surface area contributed by atoms with Gasteiger partial charge in [0.25, 0.3) is 0 Å². The van der Waals surface area contributed by atoms with Crippen molar-refractivity contribution in [1.82, 2.24) is 9.47 Å². The number of hydrogen-bond acceptors (Lipinski definition) is 5. The molecule has 1 aliphatic carbocycles. The Hall–Kier alpha value is -1.91. The molecule has 184 valence electrons. The molecule has 1 saturated carbocycles. The second-order valence-electron chi connectivity index (χ2n) is 9.32. The van der Waals surface area contributed by atoms with Crippen LogP contribution < -0.4 is 5.76 Å². The number of ether oxygens (including phenoxy) is 2. The highest BCUT2D eigenvalue weighted by atomic mass is 19.4. The molecule has 1 aromatic carbocycles. The maximum atomic E-state index is 14.3. The lowest BCUT2D eigenvalue weighted by Crippen LogP contribution is -2.53. The molecule has 1 aliphatic heterocycles. The minimum atomic E-state index is -4.71. The van der Waals surface area contributed by atoms with Crippen LogP contribution in [0.3, 0.4) is 0 Å². The molecule has 2 fully saturated rings. The Kier molecular flexibility index (Phi) is 6.89. The third kappa shape index (κ3) is 4.97. The molecule has 2 aliphatic rings. The summed E-state index contributed by atoms with van der Waals surface area (Å²) in [5.74, 6) is -1.99. The van der Waals surface area contributed by atoms with Gasteiger partial charge in [-0.2, -0.15) is 13.2 Å². The van der Waals surface area contributed by atoms with Crippen LogP contribution >= 0.6 is 0 Å². The Morgan fingerprint density at radius 3 is 2.39 bits per heavy atom. The molecule has 0 N–H and O–H groups in total. The molecule has 2 heterocycles. The fourth-order valence-electron chi connectivity index (χ4n) is 5.26. The van der Waals surface area contributed by atoms with E-state index in [-0.39, 0.29) is 23.2 Å². The van der Waals surface area contributed by atoms with Crippen LogP contribution in [0.2, 0.25) is 0 Å². The SMILES string of the molecule is COCCOC1CCC(C)(N2CCC(n3c(=O)oc4c(F)cc(C(F)(F)F)cc43)CC2)CC1. The van der Waals surface area contributed by atoms with E-state index in [9.17, 15) is 22.4 Å². The number of likely N-dealkylation sites (tertiary alicyclic amines) is 1. The van der Waals surface area contributed by atoms with Gasteiger partial charge in [0.15, 0.2) is 11.4 Å². The van der Waals surface area contributed by atoms with E-state index >= 15 is 0 Å². The predicted octanol–water partition coefficient (Wildman–Crippen LogP) is 4.75. The van der Waals surface area contributed by atoms with E-state index < -0.39 is 28.9 Å². The first-order valence-electron chi connectivity index (χ1n) is 11.4. The topological polar surface area (TPSA) is 56.8 Å². The average molecular weight is 474 g/mol. The van der Waals surface area contributed by atoms with Gasteiger partial charge >= 0.3 is 11.9 Å². The average Bonchev–Trinajstić information content (AvgIpc) is 3.11. The normalized spacial score (nSPS) is 25.7. The van der Waals surface area contributed by atoms with Crippen LogP contribution in [0.4, 0.5) is 17.6 Å². The maximum Gasteiger partial charge on any atom is 0.420 e. The number of aromatic nitrogens is 1. The van der Waals surface area contributed by atoms with Gasteiger partial charge in [0, 0.05) is 31.8 Å². The van der Waals surface area contributed by atoms with Crippen LogP contribution in [0, 0.1) is 5.82 Å². The summed E-state index contributed by atoms with van der Waals surface area (Å²) >= 11 is 0. The summed E-state index contributed by atoms with van der Waals surface area (Å²) in [5, 5.41) is 0. The molecule has 10 heteroatoms. The smallest absolute Gasteiger partial charge is 0.405 e. The van der Waals surface area contributed by atoms with Gasteiger partial charge in [0.1, 0.15) is 0 Å². The molecule has 0 atom stereocenters. The van der Waals surface area contributed by atoms with Crippen molar-refractivity contribution in [1.29, 1.82) is 0 Å². The number of oxazole rings is 1. The molecule has 0 bridgehead atoms. The van der Waals surface area contributed by atoms with Crippen molar-refractivity contribution < 1.29 is 31.5 Å². The van der Waals surface area contributed by atoms with E-state index in [1.165, 1.54) is 4.57 Å². The van der Waals surface area contributed by atoms with Crippen molar-refractivity contribution in [2.75, 3.05) is 33.4 Å². The van der Waals surface area contributed by atoms with Crippen molar-refractivity contribution in [3.8, 4) is 0 Å². The minimum absolute atomic E-state index is 0.0189. The number of nitrogens with zero attached hydrogens (tertiary/aromatic N) is 2. The predicted molar refractivity (Wildman–Crippen MR) is 114 cm³/mol. The number of rotatable bonds is 6. The van der Waals surface area contributed by atoms with Crippen LogP contribution in [-0.2, 0) is 15.7 Å². The Morgan fingerprint density at radius 1 is 1.12 bits per heavy atom. The van der Waals surface area contributed by atoms with Crippen LogP contribution in [0.1, 0.15) is 57.1 Å². The van der Waals surface area contributed by atoms with Gasteiger partial charge in [-0.3, -0.25) is 9.47 Å². The van der Waals surface area contributed by atoms with Crippen LogP contribution in [0.5, 0.6) is 0 Å². The highest BCUT2D eigenvalue weighted by Gasteiger charge is 2.39. The highest BCUT2D eigenvalue weighted by Crippen LogP contribution is 2.39. The number of halogens is 4. The third-order valence-electron chi connectivity index (χ3n) is 7.24. The van der Waals surface area contributed by atoms with Crippen LogP contribution in [0.15, 0.2) is 21.3 Å². The van der Waals surface area contributed by atoms with E-state index in [0.717, 1.165) is 31.7 Å². The quantitative estimate of drug-likeness (QED) is 0.447. The third-order valence-corrected chi connectivity index (χ3v) is 7.24. The summed E-state index contributed by atoms with van der Waals surface area (Å²) in [6, 6.07) is 0.839.